The van der Waals surface area contributed by atoms with Gasteiger partial charge in [-0.15, -0.1) is 11.7 Å². The number of pyridine rings is 1. The minimum absolute atomic E-state index is 0.0608. The number of aromatic nitrogens is 5. The van der Waals surface area contributed by atoms with Crippen molar-refractivity contribution in [3.63, 3.8) is 0 Å². The Labute approximate surface area is 194 Å². The lowest BCUT2D eigenvalue weighted by Crippen LogP contribution is -2.31. The molecule has 0 aliphatic carbocycles. The highest BCUT2D eigenvalue weighted by Gasteiger charge is 2.40. The highest BCUT2D eigenvalue weighted by Crippen LogP contribution is 2.34. The molecule has 9 nitrogen and oxygen atoms in total. The van der Waals surface area contributed by atoms with E-state index in [0.717, 1.165) is 13.0 Å². The van der Waals surface area contributed by atoms with E-state index < -0.39 is 41.6 Å². The molecule has 35 heavy (non-hydrogen) atoms. The molecule has 3 aromatic rings. The van der Waals surface area contributed by atoms with Crippen LogP contribution >= 0.6 is 0 Å². The Hall–Kier alpha value is -3.52. The van der Waals surface area contributed by atoms with Gasteiger partial charge in [0.15, 0.2) is 23.3 Å². The van der Waals surface area contributed by atoms with Crippen LogP contribution in [0.1, 0.15) is 24.9 Å². The fourth-order valence-electron chi connectivity index (χ4n) is 3.75. The van der Waals surface area contributed by atoms with E-state index in [1.54, 1.807) is 13.0 Å². The van der Waals surface area contributed by atoms with Gasteiger partial charge in [-0.05, 0) is 32.4 Å². The van der Waals surface area contributed by atoms with Crippen LogP contribution < -0.4 is 15.0 Å². The third-order valence-electron chi connectivity index (χ3n) is 5.57. The predicted molar refractivity (Wildman–Crippen MR) is 111 cm³/mol. The summed E-state index contributed by atoms with van der Waals surface area (Å²) >= 11 is 0. The molecular weight excluding hydrogens is 484 g/mol. The molecular formula is C20H21F6N7O2. The highest BCUT2D eigenvalue weighted by atomic mass is 19.4. The van der Waals surface area contributed by atoms with Gasteiger partial charge in [0.2, 0.25) is 5.95 Å². The second-order valence-corrected chi connectivity index (χ2v) is 8.08. The lowest BCUT2D eigenvalue weighted by Gasteiger charge is -2.20. The minimum Gasteiger partial charge on any atom is -0.477 e. The van der Waals surface area contributed by atoms with E-state index in [4.69, 9.17) is 9.26 Å². The maximum absolute atomic E-state index is 13.5. The van der Waals surface area contributed by atoms with Crippen LogP contribution in [-0.2, 0) is 6.18 Å². The number of aryl methyl sites for hydroxylation is 1. The molecule has 0 aromatic carbocycles. The van der Waals surface area contributed by atoms with Gasteiger partial charge in [0.1, 0.15) is 5.69 Å². The monoisotopic (exact) mass is 505 g/mol. The van der Waals surface area contributed by atoms with Crippen molar-refractivity contribution in [2.45, 2.75) is 44.8 Å². The van der Waals surface area contributed by atoms with Crippen LogP contribution in [0, 0.1) is 12.8 Å². The SMILES string of the molecule is C=CC(Nc1nc2c(O[C@@H](C)C(F)(F)F)ccc(C(F)(F)F)n2n1)C1CCN(c2nc(C)no2)C1. The molecule has 1 saturated heterocycles. The van der Waals surface area contributed by atoms with Crippen LogP contribution in [0.2, 0.25) is 0 Å². The van der Waals surface area contributed by atoms with E-state index in [1.165, 1.54) is 0 Å². The highest BCUT2D eigenvalue weighted by molar-refractivity contribution is 5.57. The van der Waals surface area contributed by atoms with Crippen molar-refractivity contribution >= 4 is 17.6 Å². The lowest BCUT2D eigenvalue weighted by atomic mass is 9.99. The number of hydrogen-bond acceptors (Lipinski definition) is 8. The summed E-state index contributed by atoms with van der Waals surface area (Å²) in [5, 5.41) is 10.5. The number of anilines is 2. The summed E-state index contributed by atoms with van der Waals surface area (Å²) in [4.78, 5) is 10.1. The Morgan fingerprint density at radius 1 is 1.23 bits per heavy atom. The van der Waals surface area contributed by atoms with E-state index in [0.29, 0.717) is 41.9 Å². The second-order valence-electron chi connectivity index (χ2n) is 8.08. The van der Waals surface area contributed by atoms with Crippen LogP contribution in [0.5, 0.6) is 5.75 Å². The first kappa shape index (κ1) is 24.6. The number of nitrogens with zero attached hydrogens (tertiary/aromatic N) is 6. The number of rotatable bonds is 7. The molecule has 0 spiro atoms. The minimum atomic E-state index is -4.83. The fraction of sp³-hybridized carbons (Fsp3) is 0.500. The summed E-state index contributed by atoms with van der Waals surface area (Å²) in [6, 6.07) is 1.28. The molecule has 1 aliphatic rings. The summed E-state index contributed by atoms with van der Waals surface area (Å²) in [5.41, 5.74) is -1.72. The van der Waals surface area contributed by atoms with Crippen molar-refractivity contribution in [1.29, 1.82) is 0 Å². The van der Waals surface area contributed by atoms with Gasteiger partial charge >= 0.3 is 18.4 Å². The molecule has 2 unspecified atom stereocenters. The fourth-order valence-corrected chi connectivity index (χ4v) is 3.75. The third kappa shape index (κ3) is 5.12. The molecule has 0 saturated carbocycles. The number of ether oxygens (including phenoxy) is 1. The Morgan fingerprint density at radius 3 is 2.57 bits per heavy atom. The molecule has 0 radical (unpaired) electrons. The smallest absolute Gasteiger partial charge is 0.433 e. The summed E-state index contributed by atoms with van der Waals surface area (Å²) in [6.45, 7) is 7.29. The van der Waals surface area contributed by atoms with Crippen molar-refractivity contribution in [2.24, 2.45) is 5.92 Å². The first-order chi connectivity index (χ1) is 16.4. The molecule has 4 heterocycles. The summed E-state index contributed by atoms with van der Waals surface area (Å²) in [6.07, 6.45) is -9.59. The maximum atomic E-state index is 13.5. The van der Waals surface area contributed by atoms with E-state index >= 15 is 0 Å². The zero-order chi connectivity index (χ0) is 25.5. The quantitative estimate of drug-likeness (QED) is 0.376. The standard InChI is InChI=1S/C20H21F6N7O2/c1-4-13(12-7-8-32(9-12)18-27-11(3)31-35-18)28-17-29-16-14(34-10(2)19(21,22)23)5-6-15(20(24,25)26)33(16)30-17/h4-6,10,12-13H,1,7-9H2,2-3H3,(H,28,30)/t10-,12?,13?/m0/s1. The van der Waals surface area contributed by atoms with Gasteiger partial charge in [0.05, 0.1) is 6.04 Å². The molecule has 190 valence electrons. The maximum Gasteiger partial charge on any atom is 0.433 e. The summed E-state index contributed by atoms with van der Waals surface area (Å²) < 4.78 is 89.9. The molecule has 3 atom stereocenters. The zero-order valence-electron chi connectivity index (χ0n) is 18.6. The van der Waals surface area contributed by atoms with Crippen molar-refractivity contribution in [3.05, 3.63) is 36.3 Å². The van der Waals surface area contributed by atoms with Crippen LogP contribution in [0.25, 0.3) is 5.65 Å². The Morgan fingerprint density at radius 2 is 1.97 bits per heavy atom. The van der Waals surface area contributed by atoms with Gasteiger partial charge in [0.25, 0.3) is 0 Å². The zero-order valence-corrected chi connectivity index (χ0v) is 18.6. The van der Waals surface area contributed by atoms with Crippen LogP contribution in [0.4, 0.5) is 38.3 Å². The van der Waals surface area contributed by atoms with E-state index in [9.17, 15) is 26.3 Å². The van der Waals surface area contributed by atoms with Crippen molar-refractivity contribution < 1.29 is 35.6 Å². The van der Waals surface area contributed by atoms with Crippen LogP contribution in [0.3, 0.4) is 0 Å². The lowest BCUT2D eigenvalue weighted by molar-refractivity contribution is -0.189. The average molecular weight is 505 g/mol. The van der Waals surface area contributed by atoms with E-state index in [2.05, 4.69) is 32.1 Å². The number of hydrogen-bond donors (Lipinski definition) is 1. The van der Waals surface area contributed by atoms with Gasteiger partial charge in [-0.2, -0.15) is 36.3 Å². The molecule has 0 amide bonds. The largest absolute Gasteiger partial charge is 0.477 e. The first-order valence-corrected chi connectivity index (χ1v) is 10.5. The number of nitrogens with one attached hydrogen (secondary N) is 1. The Bertz CT molecular complexity index is 1200. The molecule has 3 aromatic heterocycles. The van der Waals surface area contributed by atoms with Crippen molar-refractivity contribution in [1.82, 2.24) is 24.7 Å². The van der Waals surface area contributed by atoms with Gasteiger partial charge in [0, 0.05) is 19.0 Å². The van der Waals surface area contributed by atoms with E-state index in [1.807, 2.05) is 4.90 Å². The number of halogens is 6. The summed E-state index contributed by atoms with van der Waals surface area (Å²) in [5.74, 6) is -0.288. The summed E-state index contributed by atoms with van der Waals surface area (Å²) in [7, 11) is 0. The predicted octanol–water partition coefficient (Wildman–Crippen LogP) is 4.26. The van der Waals surface area contributed by atoms with Gasteiger partial charge < -0.3 is 19.5 Å². The molecule has 15 heteroatoms. The first-order valence-electron chi connectivity index (χ1n) is 10.5. The molecule has 1 N–H and O–H groups in total. The molecule has 1 aliphatic heterocycles. The number of fused-ring (bicyclic) bond motifs is 1. The topological polar surface area (TPSA) is 93.6 Å². The van der Waals surface area contributed by atoms with Crippen LogP contribution in [-0.4, -0.2) is 56.2 Å². The average Bonchev–Trinajstić information content (AvgIpc) is 3.49. The molecule has 4 rings (SSSR count). The second kappa shape index (κ2) is 8.92. The van der Waals surface area contributed by atoms with Crippen molar-refractivity contribution in [2.75, 3.05) is 23.3 Å². The van der Waals surface area contributed by atoms with Crippen LogP contribution in [0.15, 0.2) is 29.3 Å². The number of alkyl halides is 6. The Balaban J connectivity index is 1.61. The normalized spacial score (nSPS) is 18.6. The van der Waals surface area contributed by atoms with Gasteiger partial charge in [-0.25, -0.2) is 4.52 Å². The van der Waals surface area contributed by atoms with Crippen molar-refractivity contribution in [3.8, 4) is 5.75 Å². The molecule has 0 bridgehead atoms. The third-order valence-corrected chi connectivity index (χ3v) is 5.57. The van der Waals surface area contributed by atoms with Gasteiger partial charge in [-0.1, -0.05) is 11.2 Å². The Kier molecular flexibility index (Phi) is 6.27. The molecule has 1 fully saturated rings. The van der Waals surface area contributed by atoms with Gasteiger partial charge in [-0.3, -0.25) is 0 Å². The van der Waals surface area contributed by atoms with E-state index in [-0.39, 0.29) is 11.9 Å².